The van der Waals surface area contributed by atoms with Gasteiger partial charge in [0.1, 0.15) is 0 Å². The highest BCUT2D eigenvalue weighted by Gasteiger charge is 2.22. The van der Waals surface area contributed by atoms with Crippen molar-refractivity contribution in [3.05, 3.63) is 69.9 Å². The van der Waals surface area contributed by atoms with Crippen LogP contribution in [0.5, 0.6) is 0 Å². The van der Waals surface area contributed by atoms with Crippen molar-refractivity contribution in [2.45, 2.75) is 26.7 Å². The van der Waals surface area contributed by atoms with Crippen molar-refractivity contribution in [1.29, 1.82) is 0 Å². The van der Waals surface area contributed by atoms with E-state index in [1.165, 1.54) is 5.01 Å². The summed E-state index contributed by atoms with van der Waals surface area (Å²) in [7, 11) is 0. The molecule has 0 unspecified atom stereocenters. The van der Waals surface area contributed by atoms with Gasteiger partial charge in [0, 0.05) is 34.1 Å². The van der Waals surface area contributed by atoms with Crippen LogP contribution in [-0.2, 0) is 0 Å². The number of allylic oxidation sites excluding steroid dienone is 1. The highest BCUT2D eigenvalue weighted by molar-refractivity contribution is 6.31. The van der Waals surface area contributed by atoms with Crippen molar-refractivity contribution in [3.63, 3.8) is 0 Å². The van der Waals surface area contributed by atoms with Crippen molar-refractivity contribution < 1.29 is 4.79 Å². The minimum Gasteiger partial charge on any atom is -0.399 e. The Labute approximate surface area is 164 Å². The lowest BCUT2D eigenvalue weighted by molar-refractivity contribution is 0.213. The molecule has 1 heterocycles. The molecule has 0 aliphatic carbocycles. The molecular formula is C21H23ClN4O. The zero-order valence-electron chi connectivity index (χ0n) is 15.5. The van der Waals surface area contributed by atoms with Crippen LogP contribution in [0.4, 0.5) is 10.5 Å². The van der Waals surface area contributed by atoms with Crippen LogP contribution >= 0.6 is 11.6 Å². The van der Waals surface area contributed by atoms with E-state index in [0.29, 0.717) is 23.0 Å². The van der Waals surface area contributed by atoms with Crippen molar-refractivity contribution in [2.75, 3.05) is 12.3 Å². The molecule has 27 heavy (non-hydrogen) atoms. The molecule has 0 spiro atoms. The van der Waals surface area contributed by atoms with E-state index in [4.69, 9.17) is 17.3 Å². The summed E-state index contributed by atoms with van der Waals surface area (Å²) < 4.78 is 0. The quantitative estimate of drug-likeness (QED) is 0.585. The maximum atomic E-state index is 12.7. The number of nitrogen functional groups attached to an aromatic ring is 1. The predicted molar refractivity (Wildman–Crippen MR) is 112 cm³/mol. The molecular weight excluding hydrogens is 360 g/mol. The van der Waals surface area contributed by atoms with Gasteiger partial charge in [-0.2, -0.15) is 10.1 Å². The molecule has 0 bridgehead atoms. The number of fused-ring (bicyclic) bond motifs is 1. The number of nitrogens with two attached hydrogens (primary N) is 1. The minimum absolute atomic E-state index is 0.246. The number of hydrazone groups is 1. The smallest absolute Gasteiger partial charge is 0.342 e. The molecule has 6 heteroatoms. The Hall–Kier alpha value is -2.79. The van der Waals surface area contributed by atoms with Crippen molar-refractivity contribution >= 4 is 35.1 Å². The van der Waals surface area contributed by atoms with Crippen LogP contribution in [0.2, 0.25) is 5.02 Å². The lowest BCUT2D eigenvalue weighted by atomic mass is 9.97. The monoisotopic (exact) mass is 382 g/mol. The Bertz CT molecular complexity index is 903. The predicted octanol–water partition coefficient (Wildman–Crippen LogP) is 4.86. The minimum atomic E-state index is -0.246. The molecule has 0 saturated carbocycles. The van der Waals surface area contributed by atoms with Gasteiger partial charge in [-0.1, -0.05) is 43.1 Å². The zero-order valence-corrected chi connectivity index (χ0v) is 16.3. The summed E-state index contributed by atoms with van der Waals surface area (Å²) in [4.78, 5) is 12.7. The number of hydrogen-bond acceptors (Lipinski definition) is 3. The number of halogens is 1. The average molecular weight is 383 g/mol. The number of carbonyl (C=O) groups is 1. The van der Waals surface area contributed by atoms with E-state index in [0.717, 1.165) is 35.2 Å². The zero-order chi connectivity index (χ0) is 19.4. The van der Waals surface area contributed by atoms with Crippen LogP contribution in [0.15, 0.2) is 53.3 Å². The molecule has 1 aliphatic rings. The van der Waals surface area contributed by atoms with E-state index >= 15 is 0 Å². The molecule has 0 aromatic heterocycles. The van der Waals surface area contributed by atoms with Crippen LogP contribution in [-0.4, -0.2) is 23.3 Å². The molecule has 2 aromatic rings. The fourth-order valence-corrected chi connectivity index (χ4v) is 3.06. The number of nitrogens with zero attached hydrogens (tertiary/aromatic N) is 2. The van der Waals surface area contributed by atoms with Gasteiger partial charge in [0.25, 0.3) is 0 Å². The van der Waals surface area contributed by atoms with E-state index in [9.17, 15) is 4.79 Å². The van der Waals surface area contributed by atoms with Gasteiger partial charge in [0.2, 0.25) is 0 Å². The second kappa shape index (κ2) is 8.27. The lowest BCUT2D eigenvalue weighted by Crippen LogP contribution is -2.36. The average Bonchev–Trinajstić information content (AvgIpc) is 2.79. The maximum absolute atomic E-state index is 12.7. The molecule has 0 atom stereocenters. The maximum Gasteiger partial charge on any atom is 0.342 e. The molecule has 0 fully saturated rings. The van der Waals surface area contributed by atoms with Crippen molar-refractivity contribution in [3.8, 4) is 0 Å². The first-order chi connectivity index (χ1) is 13.0. The molecule has 5 nitrogen and oxygen atoms in total. The second-order valence-electron chi connectivity index (χ2n) is 6.49. The molecule has 2 aromatic carbocycles. The molecule has 140 valence electrons. The first-order valence-electron chi connectivity index (χ1n) is 9.00. The number of unbranched alkanes of at least 4 members (excludes halogenated alkanes) is 1. The number of nitrogens with one attached hydrogen (secondary N) is 1. The number of urea groups is 1. The third kappa shape index (κ3) is 4.31. The number of anilines is 1. The Morgan fingerprint density at radius 3 is 2.67 bits per heavy atom. The summed E-state index contributed by atoms with van der Waals surface area (Å²) in [5, 5.41) is 9.64. The first-order valence-corrected chi connectivity index (χ1v) is 9.38. The van der Waals surface area contributed by atoms with Crippen LogP contribution < -0.4 is 11.1 Å². The van der Waals surface area contributed by atoms with Gasteiger partial charge < -0.3 is 11.1 Å². The van der Waals surface area contributed by atoms with Crippen LogP contribution in [0.25, 0.3) is 6.08 Å². The molecule has 1 aliphatic heterocycles. The summed E-state index contributed by atoms with van der Waals surface area (Å²) >= 11 is 6.24. The van der Waals surface area contributed by atoms with Crippen LogP contribution in [0.1, 0.15) is 43.4 Å². The number of benzene rings is 2. The Morgan fingerprint density at radius 1 is 1.22 bits per heavy atom. The summed E-state index contributed by atoms with van der Waals surface area (Å²) in [5.74, 6) is 0. The van der Waals surface area contributed by atoms with Crippen molar-refractivity contribution in [1.82, 2.24) is 10.3 Å². The van der Waals surface area contributed by atoms with Gasteiger partial charge in [-0.05, 0) is 49.2 Å². The third-order valence-electron chi connectivity index (χ3n) is 4.35. The summed E-state index contributed by atoms with van der Waals surface area (Å²) in [6, 6.07) is 12.8. The fourth-order valence-electron chi connectivity index (χ4n) is 2.89. The highest BCUT2D eigenvalue weighted by Crippen LogP contribution is 2.27. The number of carbonyl (C=O) groups excluding carboxylic acids is 1. The fraction of sp³-hybridized carbons (Fsp3) is 0.238. The largest absolute Gasteiger partial charge is 0.399 e. The Balaban J connectivity index is 2.08. The standard InChI is InChI=1S/C21H23ClN4O/c1-3-4-11-24-21(27)26-14(2)12-16-5-8-17(22)13-19(16)20(25-26)15-6-9-18(23)10-7-15/h5-10,12-13H,3-4,11,23H2,1-2H3,(H,24,27). The van der Waals surface area contributed by atoms with E-state index in [2.05, 4.69) is 17.3 Å². The van der Waals surface area contributed by atoms with Gasteiger partial charge in [-0.3, -0.25) is 0 Å². The normalized spacial score (nSPS) is 13.4. The van der Waals surface area contributed by atoms with Crippen molar-refractivity contribution in [2.24, 2.45) is 5.10 Å². The van der Waals surface area contributed by atoms with Gasteiger partial charge in [0.15, 0.2) is 0 Å². The highest BCUT2D eigenvalue weighted by atomic mass is 35.5. The molecule has 3 rings (SSSR count). The van der Waals surface area contributed by atoms with Gasteiger partial charge >= 0.3 is 6.03 Å². The SMILES string of the molecule is CCCCNC(=O)N1N=C(c2ccc(N)cc2)c2cc(Cl)ccc2C=C1C. The summed E-state index contributed by atoms with van der Waals surface area (Å²) in [6.45, 7) is 4.57. The topological polar surface area (TPSA) is 70.7 Å². The Kier molecular flexibility index (Phi) is 5.81. The summed E-state index contributed by atoms with van der Waals surface area (Å²) in [5.41, 5.74) is 10.6. The van der Waals surface area contributed by atoms with E-state index in [1.807, 2.05) is 55.5 Å². The molecule has 0 radical (unpaired) electrons. The Morgan fingerprint density at radius 2 is 1.96 bits per heavy atom. The van der Waals surface area contributed by atoms with E-state index < -0.39 is 0 Å². The van der Waals surface area contributed by atoms with Gasteiger partial charge in [0.05, 0.1) is 5.71 Å². The molecule has 0 saturated heterocycles. The van der Waals surface area contributed by atoms with Gasteiger partial charge in [-0.15, -0.1) is 0 Å². The lowest BCUT2D eigenvalue weighted by Gasteiger charge is -2.18. The van der Waals surface area contributed by atoms with E-state index in [-0.39, 0.29) is 6.03 Å². The summed E-state index contributed by atoms with van der Waals surface area (Å²) in [6.07, 6.45) is 3.88. The van der Waals surface area contributed by atoms with E-state index in [1.54, 1.807) is 0 Å². The molecule has 2 amide bonds. The second-order valence-corrected chi connectivity index (χ2v) is 6.92. The van der Waals surface area contributed by atoms with Crippen LogP contribution in [0, 0.1) is 0 Å². The number of amides is 2. The first kappa shape index (κ1) is 19.0. The van der Waals surface area contributed by atoms with Crippen LogP contribution in [0.3, 0.4) is 0 Å². The number of hydrogen-bond donors (Lipinski definition) is 2. The number of rotatable bonds is 4. The van der Waals surface area contributed by atoms with Gasteiger partial charge in [-0.25, -0.2) is 4.79 Å². The third-order valence-corrected chi connectivity index (χ3v) is 4.59. The molecule has 3 N–H and O–H groups in total.